The maximum absolute atomic E-state index is 12.4. The van der Waals surface area contributed by atoms with Gasteiger partial charge in [-0.25, -0.2) is 0 Å². The molecule has 3 aliphatic heterocycles. The third kappa shape index (κ3) is 2.78. The summed E-state index contributed by atoms with van der Waals surface area (Å²) >= 11 is 0. The van der Waals surface area contributed by atoms with E-state index in [9.17, 15) is 4.79 Å². The van der Waals surface area contributed by atoms with E-state index in [1.165, 1.54) is 25.9 Å². The maximum atomic E-state index is 12.4. The molecule has 1 aromatic rings. The molecule has 0 radical (unpaired) electrons. The van der Waals surface area contributed by atoms with E-state index in [1.54, 1.807) is 4.68 Å². The number of hydrogen-bond donors (Lipinski definition) is 0. The molecule has 6 nitrogen and oxygen atoms in total. The highest BCUT2D eigenvalue weighted by atomic mass is 16.5. The molecule has 23 heavy (non-hydrogen) atoms. The number of ether oxygens (including phenoxy) is 1. The van der Waals surface area contributed by atoms with Crippen LogP contribution in [-0.4, -0.2) is 69.9 Å². The smallest absolute Gasteiger partial charge is 0.244 e. The number of amides is 1. The van der Waals surface area contributed by atoms with E-state index < -0.39 is 0 Å². The number of likely N-dealkylation sites (tertiary alicyclic amines) is 2. The van der Waals surface area contributed by atoms with Crippen molar-refractivity contribution in [3.63, 3.8) is 0 Å². The zero-order chi connectivity index (χ0) is 16.0. The van der Waals surface area contributed by atoms with E-state index >= 15 is 0 Å². The molecule has 3 fully saturated rings. The first-order valence-electron chi connectivity index (χ1n) is 8.72. The largest absolute Gasteiger partial charge is 0.370 e. The molecule has 1 spiro atoms. The van der Waals surface area contributed by atoms with Crippen molar-refractivity contribution < 1.29 is 9.53 Å². The fourth-order valence-corrected chi connectivity index (χ4v) is 4.27. The molecule has 0 aliphatic carbocycles. The second-order valence-corrected chi connectivity index (χ2v) is 7.43. The molecule has 1 amide bonds. The van der Waals surface area contributed by atoms with Gasteiger partial charge >= 0.3 is 0 Å². The van der Waals surface area contributed by atoms with E-state index in [4.69, 9.17) is 4.74 Å². The van der Waals surface area contributed by atoms with E-state index in [1.807, 2.05) is 24.8 Å². The molecule has 6 heteroatoms. The minimum atomic E-state index is -0.0714. The lowest BCUT2D eigenvalue weighted by molar-refractivity contribution is -0.158. The number of carbonyl (C=O) groups is 1. The van der Waals surface area contributed by atoms with Gasteiger partial charge in [-0.3, -0.25) is 14.4 Å². The van der Waals surface area contributed by atoms with Crippen LogP contribution in [0.3, 0.4) is 0 Å². The molecule has 126 valence electrons. The minimum Gasteiger partial charge on any atom is -0.370 e. The summed E-state index contributed by atoms with van der Waals surface area (Å²) in [5.74, 6) is 0.148. The predicted octanol–water partition coefficient (Wildman–Crippen LogP) is 0.966. The van der Waals surface area contributed by atoms with Crippen molar-refractivity contribution >= 4 is 5.91 Å². The molecular weight excluding hydrogens is 292 g/mol. The van der Waals surface area contributed by atoms with Crippen molar-refractivity contribution in [3.8, 4) is 0 Å². The summed E-state index contributed by atoms with van der Waals surface area (Å²) in [5, 5.41) is 4.38. The Kier molecular flexibility index (Phi) is 3.69. The summed E-state index contributed by atoms with van der Waals surface area (Å²) in [4.78, 5) is 16.9. The highest BCUT2D eigenvalue weighted by molar-refractivity contribution is 5.77. The van der Waals surface area contributed by atoms with Gasteiger partial charge in [0.2, 0.25) is 5.91 Å². The first-order valence-corrected chi connectivity index (χ1v) is 8.72. The molecule has 1 unspecified atom stereocenters. The summed E-state index contributed by atoms with van der Waals surface area (Å²) in [6.07, 6.45) is 3.71. The van der Waals surface area contributed by atoms with Gasteiger partial charge in [0.25, 0.3) is 0 Å². The van der Waals surface area contributed by atoms with Gasteiger partial charge < -0.3 is 9.64 Å². The molecule has 3 saturated heterocycles. The summed E-state index contributed by atoms with van der Waals surface area (Å²) in [6.45, 7) is 9.04. The number of aromatic nitrogens is 2. The van der Waals surface area contributed by atoms with Gasteiger partial charge in [0.1, 0.15) is 12.1 Å². The lowest BCUT2D eigenvalue weighted by Crippen LogP contribution is -2.64. The Balaban J connectivity index is 1.31. The Morgan fingerprint density at radius 2 is 2.09 bits per heavy atom. The minimum absolute atomic E-state index is 0.0714. The summed E-state index contributed by atoms with van der Waals surface area (Å²) in [5.41, 5.74) is 1.93. The zero-order valence-corrected chi connectivity index (χ0v) is 14.1. The fourth-order valence-electron chi connectivity index (χ4n) is 4.27. The van der Waals surface area contributed by atoms with Crippen LogP contribution in [0, 0.1) is 13.8 Å². The molecular formula is C17H26N4O2. The second kappa shape index (κ2) is 5.60. The Labute approximate surface area is 137 Å². The number of rotatable bonds is 3. The van der Waals surface area contributed by atoms with E-state index in [-0.39, 0.29) is 11.5 Å². The van der Waals surface area contributed by atoms with Gasteiger partial charge in [-0.15, -0.1) is 0 Å². The summed E-state index contributed by atoms with van der Waals surface area (Å²) < 4.78 is 7.90. The van der Waals surface area contributed by atoms with Crippen LogP contribution in [-0.2, 0) is 16.1 Å². The van der Waals surface area contributed by atoms with Crippen molar-refractivity contribution in [1.29, 1.82) is 0 Å². The molecule has 1 aromatic heterocycles. The van der Waals surface area contributed by atoms with Crippen LogP contribution in [0.15, 0.2) is 6.07 Å². The van der Waals surface area contributed by atoms with Crippen LogP contribution in [0.2, 0.25) is 0 Å². The lowest BCUT2D eigenvalue weighted by Gasteiger charge is -2.47. The van der Waals surface area contributed by atoms with Crippen molar-refractivity contribution in [2.45, 2.75) is 51.3 Å². The van der Waals surface area contributed by atoms with Crippen molar-refractivity contribution in [3.05, 3.63) is 17.5 Å². The first-order chi connectivity index (χ1) is 11.0. The molecule has 3 aliphatic rings. The zero-order valence-electron chi connectivity index (χ0n) is 14.1. The Morgan fingerprint density at radius 3 is 2.74 bits per heavy atom. The van der Waals surface area contributed by atoms with Gasteiger partial charge in [0.15, 0.2) is 0 Å². The second-order valence-electron chi connectivity index (χ2n) is 7.43. The van der Waals surface area contributed by atoms with Crippen LogP contribution in [0.1, 0.15) is 30.7 Å². The molecule has 0 bridgehead atoms. The van der Waals surface area contributed by atoms with Gasteiger partial charge in [-0.05, 0) is 52.3 Å². The van der Waals surface area contributed by atoms with Gasteiger partial charge in [-0.1, -0.05) is 0 Å². The molecule has 0 aromatic carbocycles. The van der Waals surface area contributed by atoms with E-state index in [0.29, 0.717) is 12.6 Å². The highest BCUT2D eigenvalue weighted by Crippen LogP contribution is 2.37. The van der Waals surface area contributed by atoms with Crippen LogP contribution in [0.5, 0.6) is 0 Å². The Hall–Kier alpha value is -1.40. The monoisotopic (exact) mass is 318 g/mol. The highest BCUT2D eigenvalue weighted by Gasteiger charge is 2.52. The Morgan fingerprint density at radius 1 is 1.35 bits per heavy atom. The summed E-state index contributed by atoms with van der Waals surface area (Å²) in [7, 11) is 0. The SMILES string of the molecule is Cc1cc(C)n(CC(=O)N2CC3(CC(N4CCCC4)CO3)C2)n1. The van der Waals surface area contributed by atoms with Crippen LogP contribution < -0.4 is 0 Å². The van der Waals surface area contributed by atoms with Crippen molar-refractivity contribution in [2.24, 2.45) is 0 Å². The average molecular weight is 318 g/mol. The number of nitrogens with zero attached hydrogens (tertiary/aromatic N) is 4. The van der Waals surface area contributed by atoms with Crippen molar-refractivity contribution in [2.75, 3.05) is 32.8 Å². The molecule has 0 N–H and O–H groups in total. The van der Waals surface area contributed by atoms with Crippen LogP contribution in [0.4, 0.5) is 0 Å². The fraction of sp³-hybridized carbons (Fsp3) is 0.765. The normalized spacial score (nSPS) is 26.9. The number of aryl methyl sites for hydroxylation is 2. The third-order valence-corrected chi connectivity index (χ3v) is 5.55. The van der Waals surface area contributed by atoms with Crippen LogP contribution >= 0.6 is 0 Å². The first kappa shape index (κ1) is 15.1. The van der Waals surface area contributed by atoms with Crippen LogP contribution in [0.25, 0.3) is 0 Å². The van der Waals surface area contributed by atoms with Gasteiger partial charge in [0, 0.05) is 11.7 Å². The van der Waals surface area contributed by atoms with Gasteiger partial charge in [-0.2, -0.15) is 5.10 Å². The van der Waals surface area contributed by atoms with Gasteiger partial charge in [0.05, 0.1) is 25.4 Å². The van der Waals surface area contributed by atoms with E-state index in [0.717, 1.165) is 37.5 Å². The Bertz CT molecular complexity index is 600. The summed E-state index contributed by atoms with van der Waals surface area (Å²) in [6, 6.07) is 2.57. The molecule has 1 atom stereocenters. The topological polar surface area (TPSA) is 50.6 Å². The predicted molar refractivity (Wildman–Crippen MR) is 86.2 cm³/mol. The molecule has 4 rings (SSSR count). The number of hydrogen-bond acceptors (Lipinski definition) is 4. The maximum Gasteiger partial charge on any atom is 0.244 e. The van der Waals surface area contributed by atoms with Crippen molar-refractivity contribution in [1.82, 2.24) is 19.6 Å². The number of carbonyl (C=O) groups excluding carboxylic acids is 1. The van der Waals surface area contributed by atoms with E-state index in [2.05, 4.69) is 10.00 Å². The standard InChI is InChI=1S/C17H26N4O2/c1-13-7-14(2)21(18-13)9-16(22)20-11-17(12-20)8-15(10-23-17)19-5-3-4-6-19/h7,15H,3-6,8-12H2,1-2H3. The third-order valence-electron chi connectivity index (χ3n) is 5.55. The molecule has 4 heterocycles. The molecule has 0 saturated carbocycles. The average Bonchev–Trinajstić information content (AvgIpc) is 3.17. The quantitative estimate of drug-likeness (QED) is 0.833. The lowest BCUT2D eigenvalue weighted by atomic mass is 9.89.